The van der Waals surface area contributed by atoms with Gasteiger partial charge in [0.1, 0.15) is 6.33 Å². The number of hydrogen-bond acceptors (Lipinski definition) is 5. The predicted molar refractivity (Wildman–Crippen MR) is 118 cm³/mol. The third-order valence-electron chi connectivity index (χ3n) is 6.70. The number of hydrogen-bond donors (Lipinski definition) is 1. The molecule has 31 heavy (non-hydrogen) atoms. The number of rotatable bonds is 3. The number of amides is 1. The van der Waals surface area contributed by atoms with Crippen LogP contribution in [0.5, 0.6) is 0 Å². The molecular formula is C23H28N6O2. The quantitative estimate of drug-likeness (QED) is 0.704. The molecule has 0 saturated carbocycles. The Morgan fingerprint density at radius 1 is 1.06 bits per heavy atom. The van der Waals surface area contributed by atoms with Crippen molar-refractivity contribution in [1.82, 2.24) is 29.3 Å². The average Bonchev–Trinajstić information content (AvgIpc) is 3.14. The zero-order chi connectivity index (χ0) is 21.4. The van der Waals surface area contributed by atoms with Crippen molar-refractivity contribution in [1.29, 1.82) is 0 Å². The van der Waals surface area contributed by atoms with Crippen LogP contribution in [0.4, 0.5) is 0 Å². The molecule has 1 atom stereocenters. The van der Waals surface area contributed by atoms with Gasteiger partial charge in [0.15, 0.2) is 0 Å². The molecule has 1 aromatic carbocycles. The highest BCUT2D eigenvalue weighted by Gasteiger charge is 2.34. The Morgan fingerprint density at radius 2 is 1.84 bits per heavy atom. The first-order valence-corrected chi connectivity index (χ1v) is 11.1. The molecule has 2 aliphatic rings. The van der Waals surface area contributed by atoms with Gasteiger partial charge in [-0.05, 0) is 56.7 Å². The van der Waals surface area contributed by atoms with Crippen LogP contribution in [-0.4, -0.2) is 61.0 Å². The van der Waals surface area contributed by atoms with Gasteiger partial charge in [0, 0.05) is 38.1 Å². The Kier molecular flexibility index (Phi) is 5.31. The van der Waals surface area contributed by atoms with Crippen LogP contribution in [-0.2, 0) is 0 Å². The van der Waals surface area contributed by atoms with Crippen molar-refractivity contribution in [3.63, 3.8) is 0 Å². The van der Waals surface area contributed by atoms with Gasteiger partial charge in [-0.2, -0.15) is 0 Å². The van der Waals surface area contributed by atoms with E-state index in [0.29, 0.717) is 5.56 Å². The van der Waals surface area contributed by atoms with Crippen LogP contribution in [0.15, 0.2) is 41.7 Å². The summed E-state index contributed by atoms with van der Waals surface area (Å²) in [6.07, 6.45) is 9.67. The van der Waals surface area contributed by atoms with E-state index >= 15 is 0 Å². The zero-order valence-corrected chi connectivity index (χ0v) is 17.8. The third kappa shape index (κ3) is 3.76. The van der Waals surface area contributed by atoms with Crippen molar-refractivity contribution < 1.29 is 4.79 Å². The Morgan fingerprint density at radius 3 is 2.61 bits per heavy atom. The predicted octanol–water partition coefficient (Wildman–Crippen LogP) is 2.72. The SMILES string of the molecule is Cc1ccc2c(c1)[nH]c(=O)n2C1CCN(C2CCCCN2C(=O)c2cncnc2)CC1. The molecule has 162 valence electrons. The number of aromatic nitrogens is 4. The molecular weight excluding hydrogens is 392 g/mol. The Hall–Kier alpha value is -3.00. The lowest BCUT2D eigenvalue weighted by molar-refractivity contribution is 0.00115. The smallest absolute Gasteiger partial charge is 0.323 e. The second kappa shape index (κ2) is 8.26. The van der Waals surface area contributed by atoms with Crippen LogP contribution in [0.2, 0.25) is 0 Å². The number of aryl methyl sites for hydroxylation is 1. The maximum absolute atomic E-state index is 13.1. The van der Waals surface area contributed by atoms with Crippen molar-refractivity contribution in [3.8, 4) is 0 Å². The summed E-state index contributed by atoms with van der Waals surface area (Å²) in [5, 5.41) is 0. The van der Waals surface area contributed by atoms with Crippen LogP contribution in [0, 0.1) is 6.92 Å². The van der Waals surface area contributed by atoms with Gasteiger partial charge in [-0.15, -0.1) is 0 Å². The van der Waals surface area contributed by atoms with Gasteiger partial charge >= 0.3 is 5.69 Å². The largest absolute Gasteiger partial charge is 0.326 e. The van der Waals surface area contributed by atoms with Gasteiger partial charge in [-0.1, -0.05) is 6.07 Å². The lowest BCUT2D eigenvalue weighted by Gasteiger charge is -2.45. The highest BCUT2D eigenvalue weighted by molar-refractivity contribution is 5.93. The molecule has 1 N–H and O–H groups in total. The summed E-state index contributed by atoms with van der Waals surface area (Å²) in [6.45, 7) is 4.54. The third-order valence-corrected chi connectivity index (χ3v) is 6.70. The Bertz CT molecular complexity index is 1130. The van der Waals surface area contributed by atoms with E-state index in [1.807, 2.05) is 28.5 Å². The molecule has 0 bridgehead atoms. The van der Waals surface area contributed by atoms with Crippen LogP contribution in [0.1, 0.15) is 54.1 Å². The van der Waals surface area contributed by atoms with Gasteiger partial charge in [0.2, 0.25) is 0 Å². The molecule has 1 amide bonds. The molecule has 2 aromatic heterocycles. The molecule has 2 fully saturated rings. The van der Waals surface area contributed by atoms with Gasteiger partial charge in [0.25, 0.3) is 5.91 Å². The molecule has 4 heterocycles. The van der Waals surface area contributed by atoms with Gasteiger partial charge in [-0.3, -0.25) is 14.3 Å². The summed E-state index contributed by atoms with van der Waals surface area (Å²) in [5.41, 5.74) is 3.54. The molecule has 8 heteroatoms. The zero-order valence-electron chi connectivity index (χ0n) is 17.8. The minimum Gasteiger partial charge on any atom is -0.323 e. The van der Waals surface area contributed by atoms with Crippen molar-refractivity contribution in [2.75, 3.05) is 19.6 Å². The number of aromatic amines is 1. The number of piperidine rings is 2. The Labute approximate surface area is 180 Å². The topological polar surface area (TPSA) is 87.1 Å². The minimum absolute atomic E-state index is 0.00985. The molecule has 0 aliphatic carbocycles. The number of fused-ring (bicyclic) bond motifs is 1. The minimum atomic E-state index is -0.0300. The summed E-state index contributed by atoms with van der Waals surface area (Å²) >= 11 is 0. The van der Waals surface area contributed by atoms with Crippen LogP contribution in [0.3, 0.4) is 0 Å². The first kappa shape index (κ1) is 19.9. The van der Waals surface area contributed by atoms with Crippen molar-refractivity contribution in [2.45, 2.75) is 51.2 Å². The first-order valence-electron chi connectivity index (χ1n) is 11.1. The highest BCUT2D eigenvalue weighted by atomic mass is 16.2. The molecule has 0 radical (unpaired) electrons. The summed E-state index contributed by atoms with van der Waals surface area (Å²) in [4.78, 5) is 41.2. The Balaban J connectivity index is 1.32. The van der Waals surface area contributed by atoms with Gasteiger partial charge < -0.3 is 9.88 Å². The second-order valence-electron chi connectivity index (χ2n) is 8.69. The van der Waals surface area contributed by atoms with Gasteiger partial charge in [-0.25, -0.2) is 14.8 Å². The number of carbonyl (C=O) groups excluding carboxylic acids is 1. The molecule has 3 aromatic rings. The van der Waals surface area contributed by atoms with Gasteiger partial charge in [0.05, 0.1) is 22.8 Å². The van der Waals surface area contributed by atoms with Crippen LogP contribution in [0.25, 0.3) is 11.0 Å². The standard InChI is InChI=1S/C23H28N6O2/c1-16-5-6-20-19(12-16)26-23(31)29(20)18-7-10-27(11-8-18)21-4-2-3-9-28(21)22(30)17-13-24-15-25-14-17/h5-6,12-15,18,21H,2-4,7-11H2,1H3,(H,26,31). The summed E-state index contributed by atoms with van der Waals surface area (Å²) in [5.74, 6) is 0.00985. The maximum atomic E-state index is 13.1. The lowest BCUT2D eigenvalue weighted by atomic mass is 10.00. The van der Waals surface area contributed by atoms with E-state index in [1.165, 1.54) is 6.33 Å². The normalized spacial score (nSPS) is 20.9. The summed E-state index contributed by atoms with van der Waals surface area (Å²) in [6, 6.07) is 6.30. The second-order valence-corrected chi connectivity index (χ2v) is 8.69. The molecule has 8 nitrogen and oxygen atoms in total. The van der Waals surface area contributed by atoms with Crippen molar-refractivity contribution in [2.24, 2.45) is 0 Å². The van der Waals surface area contributed by atoms with Crippen LogP contribution >= 0.6 is 0 Å². The number of H-pyrrole nitrogens is 1. The fraction of sp³-hybridized carbons (Fsp3) is 0.478. The van der Waals surface area contributed by atoms with E-state index in [-0.39, 0.29) is 23.8 Å². The van der Waals surface area contributed by atoms with E-state index in [0.717, 1.165) is 68.3 Å². The number of nitrogens with zero attached hydrogens (tertiary/aromatic N) is 5. The van der Waals surface area contributed by atoms with E-state index in [4.69, 9.17) is 0 Å². The fourth-order valence-corrected chi connectivity index (χ4v) is 5.16. The number of imidazole rings is 1. The van der Waals surface area contributed by atoms with Crippen molar-refractivity contribution >= 4 is 16.9 Å². The fourth-order valence-electron chi connectivity index (χ4n) is 5.16. The van der Waals surface area contributed by atoms with E-state index in [1.54, 1.807) is 12.4 Å². The average molecular weight is 421 g/mol. The molecule has 2 aliphatic heterocycles. The number of nitrogens with one attached hydrogen (secondary N) is 1. The first-order chi connectivity index (χ1) is 15.1. The van der Waals surface area contributed by atoms with E-state index < -0.39 is 0 Å². The molecule has 2 saturated heterocycles. The number of carbonyl (C=O) groups is 1. The molecule has 1 unspecified atom stereocenters. The summed E-state index contributed by atoms with van der Waals surface area (Å²) in [7, 11) is 0. The van der Waals surface area contributed by atoms with Crippen molar-refractivity contribution in [3.05, 3.63) is 58.5 Å². The number of likely N-dealkylation sites (tertiary alicyclic amines) is 2. The lowest BCUT2D eigenvalue weighted by Crippen LogP contribution is -2.55. The molecule has 5 rings (SSSR count). The number of benzene rings is 1. The molecule has 0 spiro atoms. The maximum Gasteiger partial charge on any atom is 0.326 e. The van der Waals surface area contributed by atoms with E-state index in [2.05, 4.69) is 25.9 Å². The monoisotopic (exact) mass is 420 g/mol. The van der Waals surface area contributed by atoms with E-state index in [9.17, 15) is 9.59 Å². The highest BCUT2D eigenvalue weighted by Crippen LogP contribution is 2.30. The van der Waals surface area contributed by atoms with Crippen LogP contribution < -0.4 is 5.69 Å². The summed E-state index contributed by atoms with van der Waals surface area (Å²) < 4.78 is 1.93.